The first kappa shape index (κ1) is 10.1. The molecule has 14 heavy (non-hydrogen) atoms. The van der Waals surface area contributed by atoms with Crippen LogP contribution in [0.15, 0.2) is 18.3 Å². The van der Waals surface area contributed by atoms with Crippen LogP contribution >= 0.6 is 0 Å². The predicted octanol–water partition coefficient (Wildman–Crippen LogP) is 1.18. The number of carbonyl (C=O) groups is 1. The lowest BCUT2D eigenvalue weighted by atomic mass is 10.3. The zero-order chi connectivity index (χ0) is 10.6. The van der Waals surface area contributed by atoms with E-state index in [1.165, 1.54) is 18.3 Å². The van der Waals surface area contributed by atoms with Gasteiger partial charge in [-0.25, -0.2) is 9.78 Å². The maximum Gasteiger partial charge on any atom is 0.335 e. The number of aromatic nitrogens is 1. The molecule has 0 radical (unpaired) electrons. The second-order valence-corrected chi connectivity index (χ2v) is 2.61. The maximum atomic E-state index is 10.6. The van der Waals surface area contributed by atoms with Crippen LogP contribution in [0.5, 0.6) is 5.88 Å². The fraction of sp³-hybridized carbons (Fsp3) is 0.200. The minimum atomic E-state index is -1.02. The second-order valence-electron chi connectivity index (χ2n) is 2.61. The Kier molecular flexibility index (Phi) is 3.08. The van der Waals surface area contributed by atoms with Crippen LogP contribution in [-0.2, 0) is 0 Å². The lowest BCUT2D eigenvalue weighted by Gasteiger charge is -2.07. The molecule has 4 heteroatoms. The molecule has 1 heterocycles. The number of hydrogen-bond donors (Lipinski definition) is 1. The van der Waals surface area contributed by atoms with Gasteiger partial charge in [0.2, 0.25) is 5.88 Å². The molecule has 72 valence electrons. The highest BCUT2D eigenvalue weighted by Crippen LogP contribution is 2.10. The van der Waals surface area contributed by atoms with Crippen LogP contribution in [0.4, 0.5) is 0 Å². The number of aromatic carboxylic acids is 1. The summed E-state index contributed by atoms with van der Waals surface area (Å²) in [7, 11) is 0. The van der Waals surface area contributed by atoms with Gasteiger partial charge in [-0.15, -0.1) is 6.42 Å². The van der Waals surface area contributed by atoms with Crippen LogP contribution in [-0.4, -0.2) is 22.2 Å². The predicted molar refractivity (Wildman–Crippen MR) is 50.1 cm³/mol. The third kappa shape index (κ3) is 2.49. The summed E-state index contributed by atoms with van der Waals surface area (Å²) in [5.41, 5.74) is 0.124. The highest BCUT2D eigenvalue weighted by atomic mass is 16.5. The van der Waals surface area contributed by atoms with Crippen molar-refractivity contribution in [1.29, 1.82) is 0 Å². The molecule has 1 N–H and O–H groups in total. The summed E-state index contributed by atoms with van der Waals surface area (Å²) in [5.74, 6) is 1.55. The number of ether oxygens (including phenoxy) is 1. The normalized spacial score (nSPS) is 11.4. The van der Waals surface area contributed by atoms with E-state index in [2.05, 4.69) is 10.9 Å². The highest BCUT2D eigenvalue weighted by Gasteiger charge is 2.06. The Morgan fingerprint density at radius 3 is 3.07 bits per heavy atom. The summed E-state index contributed by atoms with van der Waals surface area (Å²) in [5, 5.41) is 8.68. The maximum absolute atomic E-state index is 10.6. The molecule has 0 aromatic carbocycles. The smallest absolute Gasteiger partial charge is 0.335 e. The first-order chi connectivity index (χ1) is 6.63. The third-order valence-corrected chi connectivity index (χ3v) is 1.51. The molecule has 0 spiro atoms. The van der Waals surface area contributed by atoms with Crippen molar-refractivity contribution in [3.8, 4) is 18.2 Å². The van der Waals surface area contributed by atoms with Gasteiger partial charge < -0.3 is 9.84 Å². The molecule has 1 rings (SSSR count). The average Bonchev–Trinajstić information content (AvgIpc) is 2.18. The molecule has 1 atom stereocenters. The van der Waals surface area contributed by atoms with Gasteiger partial charge in [0.1, 0.15) is 0 Å². The number of carboxylic acid groups (broad SMARTS) is 1. The Balaban J connectivity index is 2.85. The van der Waals surface area contributed by atoms with E-state index in [1.54, 1.807) is 6.92 Å². The number of pyridine rings is 1. The molecule has 0 aliphatic carbocycles. The Morgan fingerprint density at radius 2 is 2.50 bits per heavy atom. The monoisotopic (exact) mass is 191 g/mol. The molecule has 0 aliphatic heterocycles. The first-order valence-corrected chi connectivity index (χ1v) is 3.95. The molecule has 4 nitrogen and oxygen atoms in total. The standard InChI is InChI=1S/C10H9NO3/c1-3-7(2)14-9-6-8(10(12)13)4-5-11-9/h1,4-7H,2H3,(H,12,13). The minimum Gasteiger partial charge on any atom is -0.478 e. The van der Waals surface area contributed by atoms with Gasteiger partial charge in [0.05, 0.1) is 5.56 Å². The van der Waals surface area contributed by atoms with Crippen LogP contribution in [0.25, 0.3) is 0 Å². The van der Waals surface area contributed by atoms with Crippen molar-refractivity contribution < 1.29 is 14.6 Å². The fourth-order valence-corrected chi connectivity index (χ4v) is 0.822. The first-order valence-electron chi connectivity index (χ1n) is 3.95. The van der Waals surface area contributed by atoms with E-state index >= 15 is 0 Å². The lowest BCUT2D eigenvalue weighted by molar-refractivity contribution is 0.0696. The topological polar surface area (TPSA) is 59.4 Å². The molecule has 0 saturated carbocycles. The number of hydrogen-bond acceptors (Lipinski definition) is 3. The summed E-state index contributed by atoms with van der Waals surface area (Å²) in [6.45, 7) is 1.68. The molecule has 1 aromatic heterocycles. The molecule has 0 aliphatic rings. The molecule has 1 unspecified atom stereocenters. The summed E-state index contributed by atoms with van der Waals surface area (Å²) >= 11 is 0. The van der Waals surface area contributed by atoms with Crippen LogP contribution in [0.1, 0.15) is 17.3 Å². The van der Waals surface area contributed by atoms with Crippen LogP contribution in [0.2, 0.25) is 0 Å². The summed E-state index contributed by atoms with van der Waals surface area (Å²) in [6.07, 6.45) is 6.04. The van der Waals surface area contributed by atoms with Gasteiger partial charge in [-0.2, -0.15) is 0 Å². The minimum absolute atomic E-state index is 0.124. The van der Waals surface area contributed by atoms with E-state index in [-0.39, 0.29) is 11.4 Å². The molecule has 0 fully saturated rings. The zero-order valence-corrected chi connectivity index (χ0v) is 7.60. The van der Waals surface area contributed by atoms with Crippen LogP contribution in [0, 0.1) is 12.3 Å². The Labute approximate surface area is 81.5 Å². The van der Waals surface area contributed by atoms with Gasteiger partial charge in [0.15, 0.2) is 6.10 Å². The van der Waals surface area contributed by atoms with Gasteiger partial charge in [0.25, 0.3) is 0 Å². The van der Waals surface area contributed by atoms with Gasteiger partial charge >= 0.3 is 5.97 Å². The SMILES string of the molecule is C#CC(C)Oc1cc(C(=O)O)ccn1. The van der Waals surface area contributed by atoms with E-state index in [4.69, 9.17) is 16.3 Å². The van der Waals surface area contributed by atoms with Crippen molar-refractivity contribution in [3.05, 3.63) is 23.9 Å². The van der Waals surface area contributed by atoms with Crippen molar-refractivity contribution in [2.24, 2.45) is 0 Å². The van der Waals surface area contributed by atoms with Gasteiger partial charge in [-0.05, 0) is 13.0 Å². The average molecular weight is 191 g/mol. The number of carboxylic acids is 1. The van der Waals surface area contributed by atoms with Gasteiger partial charge in [-0.1, -0.05) is 5.92 Å². The lowest BCUT2D eigenvalue weighted by Crippen LogP contribution is -2.10. The molecular weight excluding hydrogens is 182 g/mol. The summed E-state index contributed by atoms with van der Waals surface area (Å²) in [6, 6.07) is 2.71. The second kappa shape index (κ2) is 4.28. The van der Waals surface area contributed by atoms with E-state index in [1.807, 2.05) is 0 Å². The van der Waals surface area contributed by atoms with Crippen LogP contribution in [0.3, 0.4) is 0 Å². The molecule has 0 saturated heterocycles. The van der Waals surface area contributed by atoms with E-state index < -0.39 is 12.1 Å². The molecule has 0 amide bonds. The number of nitrogens with zero attached hydrogens (tertiary/aromatic N) is 1. The van der Waals surface area contributed by atoms with E-state index in [0.717, 1.165) is 0 Å². The molecule has 0 bridgehead atoms. The third-order valence-electron chi connectivity index (χ3n) is 1.51. The van der Waals surface area contributed by atoms with Crippen molar-refractivity contribution in [2.75, 3.05) is 0 Å². The molecular formula is C10H9NO3. The van der Waals surface area contributed by atoms with Crippen molar-refractivity contribution >= 4 is 5.97 Å². The van der Waals surface area contributed by atoms with Crippen molar-refractivity contribution in [2.45, 2.75) is 13.0 Å². The summed E-state index contributed by atoms with van der Waals surface area (Å²) in [4.78, 5) is 14.4. The Morgan fingerprint density at radius 1 is 1.79 bits per heavy atom. The van der Waals surface area contributed by atoms with Gasteiger partial charge in [0, 0.05) is 12.3 Å². The zero-order valence-electron chi connectivity index (χ0n) is 7.60. The Hall–Kier alpha value is -2.02. The highest BCUT2D eigenvalue weighted by molar-refractivity contribution is 5.87. The van der Waals surface area contributed by atoms with Crippen molar-refractivity contribution in [3.63, 3.8) is 0 Å². The summed E-state index contributed by atoms with van der Waals surface area (Å²) < 4.78 is 5.14. The Bertz CT molecular complexity index is 381. The van der Waals surface area contributed by atoms with Crippen molar-refractivity contribution in [1.82, 2.24) is 4.98 Å². The number of terminal acetylenes is 1. The van der Waals surface area contributed by atoms with Crippen LogP contribution < -0.4 is 4.74 Å². The van der Waals surface area contributed by atoms with E-state index in [9.17, 15) is 4.79 Å². The molecule has 1 aromatic rings. The quantitative estimate of drug-likeness (QED) is 0.729. The van der Waals surface area contributed by atoms with Gasteiger partial charge in [-0.3, -0.25) is 0 Å². The largest absolute Gasteiger partial charge is 0.478 e. The van der Waals surface area contributed by atoms with E-state index in [0.29, 0.717) is 0 Å². The number of rotatable bonds is 3. The fourth-order valence-electron chi connectivity index (χ4n) is 0.822.